The zero-order valence-electron chi connectivity index (χ0n) is 16.9. The highest BCUT2D eigenvalue weighted by molar-refractivity contribution is 5.95. The summed E-state index contributed by atoms with van der Waals surface area (Å²) in [6.07, 6.45) is 1.42. The lowest BCUT2D eigenvalue weighted by Gasteiger charge is -2.31. The van der Waals surface area contributed by atoms with Gasteiger partial charge in [0.1, 0.15) is 11.8 Å². The van der Waals surface area contributed by atoms with Crippen LogP contribution in [-0.4, -0.2) is 49.5 Å². The summed E-state index contributed by atoms with van der Waals surface area (Å²) in [6, 6.07) is 10.4. The average Bonchev–Trinajstić information content (AvgIpc) is 3.25. The molecular formula is C21H29N3O4. The lowest BCUT2D eigenvalue weighted by Crippen LogP contribution is -2.47. The van der Waals surface area contributed by atoms with Crippen LogP contribution in [0.5, 0.6) is 5.75 Å². The maximum Gasteiger partial charge on any atom is 0.287 e. The Labute approximate surface area is 166 Å². The minimum absolute atomic E-state index is 0.00188. The third-order valence-electron chi connectivity index (χ3n) is 4.69. The van der Waals surface area contributed by atoms with E-state index in [0.29, 0.717) is 6.54 Å². The Hall–Kier alpha value is -2.80. The van der Waals surface area contributed by atoms with Gasteiger partial charge in [0.25, 0.3) is 5.91 Å². The summed E-state index contributed by atoms with van der Waals surface area (Å²) in [5.74, 6) is 0.290. The Morgan fingerprint density at radius 2 is 1.93 bits per heavy atom. The first kappa shape index (κ1) is 21.5. The number of methoxy groups -OCH3 is 1. The second kappa shape index (κ2) is 10.5. The highest BCUT2D eigenvalue weighted by Gasteiger charge is 2.22. The number of hydrogen-bond donors (Lipinski definition) is 2. The summed E-state index contributed by atoms with van der Waals surface area (Å²) >= 11 is 0. The highest BCUT2D eigenvalue weighted by atomic mass is 16.5. The molecule has 0 aliphatic heterocycles. The standard InChI is InChI=1S/C21H29N3O4/c1-5-24(6-2)18(16-9-7-10-17(13-16)27-4)14-22-20(25)15(3)23-21(26)19-11-8-12-28-19/h7-13,15,18H,5-6,14H2,1-4H3,(H,22,25)(H,23,26). The third kappa shape index (κ3) is 5.60. The van der Waals surface area contributed by atoms with E-state index in [4.69, 9.17) is 9.15 Å². The van der Waals surface area contributed by atoms with Crippen molar-refractivity contribution < 1.29 is 18.7 Å². The minimum Gasteiger partial charge on any atom is -0.497 e. The topological polar surface area (TPSA) is 83.8 Å². The van der Waals surface area contributed by atoms with Gasteiger partial charge < -0.3 is 19.8 Å². The maximum atomic E-state index is 12.5. The molecule has 7 heteroatoms. The number of furan rings is 1. The number of nitrogens with zero attached hydrogens (tertiary/aromatic N) is 1. The van der Waals surface area contributed by atoms with Crippen molar-refractivity contribution in [3.63, 3.8) is 0 Å². The fraction of sp³-hybridized carbons (Fsp3) is 0.429. The maximum absolute atomic E-state index is 12.5. The summed E-state index contributed by atoms with van der Waals surface area (Å²) in [5, 5.41) is 5.59. The van der Waals surface area contributed by atoms with E-state index in [1.165, 1.54) is 6.26 Å². The number of hydrogen-bond acceptors (Lipinski definition) is 5. The van der Waals surface area contributed by atoms with Crippen molar-refractivity contribution in [2.45, 2.75) is 32.9 Å². The molecule has 0 aliphatic carbocycles. The zero-order chi connectivity index (χ0) is 20.5. The van der Waals surface area contributed by atoms with Crippen molar-refractivity contribution in [1.29, 1.82) is 0 Å². The van der Waals surface area contributed by atoms with E-state index in [1.807, 2.05) is 24.3 Å². The second-order valence-corrected chi connectivity index (χ2v) is 6.43. The predicted molar refractivity (Wildman–Crippen MR) is 107 cm³/mol. The van der Waals surface area contributed by atoms with Crippen LogP contribution in [0, 0.1) is 0 Å². The van der Waals surface area contributed by atoms with Crippen LogP contribution < -0.4 is 15.4 Å². The smallest absolute Gasteiger partial charge is 0.287 e. The third-order valence-corrected chi connectivity index (χ3v) is 4.69. The van der Waals surface area contributed by atoms with Crippen molar-refractivity contribution in [3.05, 3.63) is 54.0 Å². The number of likely N-dealkylation sites (N-methyl/N-ethyl adjacent to an activating group) is 1. The van der Waals surface area contributed by atoms with Crippen LogP contribution in [-0.2, 0) is 4.79 Å². The molecule has 0 spiro atoms. The number of amides is 2. The van der Waals surface area contributed by atoms with E-state index in [1.54, 1.807) is 26.2 Å². The molecule has 0 saturated heterocycles. The van der Waals surface area contributed by atoms with Crippen molar-refractivity contribution in [3.8, 4) is 5.75 Å². The van der Waals surface area contributed by atoms with E-state index in [9.17, 15) is 9.59 Å². The molecule has 2 unspecified atom stereocenters. The molecule has 152 valence electrons. The van der Waals surface area contributed by atoms with Crippen LogP contribution in [0.3, 0.4) is 0 Å². The molecule has 28 heavy (non-hydrogen) atoms. The highest BCUT2D eigenvalue weighted by Crippen LogP contribution is 2.23. The zero-order valence-corrected chi connectivity index (χ0v) is 16.9. The number of ether oxygens (including phenoxy) is 1. The van der Waals surface area contributed by atoms with Gasteiger partial charge in [0.05, 0.1) is 19.4 Å². The first-order chi connectivity index (χ1) is 13.5. The first-order valence-corrected chi connectivity index (χ1v) is 9.50. The molecule has 7 nitrogen and oxygen atoms in total. The lowest BCUT2D eigenvalue weighted by atomic mass is 10.0. The molecule has 1 heterocycles. The van der Waals surface area contributed by atoms with Gasteiger partial charge in [-0.1, -0.05) is 26.0 Å². The van der Waals surface area contributed by atoms with Crippen molar-refractivity contribution in [2.24, 2.45) is 0 Å². The SMILES string of the molecule is CCN(CC)C(CNC(=O)C(C)NC(=O)c1ccco1)c1cccc(OC)c1. The van der Waals surface area contributed by atoms with E-state index in [0.717, 1.165) is 24.4 Å². The molecule has 0 bridgehead atoms. The molecule has 2 rings (SSSR count). The van der Waals surface area contributed by atoms with Crippen LogP contribution in [0.4, 0.5) is 0 Å². The van der Waals surface area contributed by atoms with E-state index < -0.39 is 11.9 Å². The van der Waals surface area contributed by atoms with Gasteiger partial charge in [0.15, 0.2) is 5.76 Å². The molecule has 2 atom stereocenters. The molecule has 0 fully saturated rings. The summed E-state index contributed by atoms with van der Waals surface area (Å²) in [7, 11) is 1.64. The van der Waals surface area contributed by atoms with E-state index >= 15 is 0 Å². The van der Waals surface area contributed by atoms with Gasteiger partial charge in [-0.3, -0.25) is 14.5 Å². The summed E-state index contributed by atoms with van der Waals surface area (Å²) in [5.41, 5.74) is 1.07. The lowest BCUT2D eigenvalue weighted by molar-refractivity contribution is -0.122. The van der Waals surface area contributed by atoms with Crippen LogP contribution in [0.1, 0.15) is 42.9 Å². The predicted octanol–water partition coefficient (Wildman–Crippen LogP) is 2.61. The van der Waals surface area contributed by atoms with Gasteiger partial charge in [-0.05, 0) is 49.8 Å². The number of benzene rings is 1. The van der Waals surface area contributed by atoms with Gasteiger partial charge in [-0.15, -0.1) is 0 Å². The molecule has 0 radical (unpaired) electrons. The van der Waals surface area contributed by atoms with Crippen LogP contribution >= 0.6 is 0 Å². The Bertz CT molecular complexity index is 757. The Morgan fingerprint density at radius 1 is 1.18 bits per heavy atom. The van der Waals surface area contributed by atoms with E-state index in [2.05, 4.69) is 29.4 Å². The molecule has 0 saturated carbocycles. The molecular weight excluding hydrogens is 358 g/mol. The van der Waals surface area contributed by atoms with Gasteiger partial charge in [-0.25, -0.2) is 0 Å². The van der Waals surface area contributed by atoms with Crippen molar-refractivity contribution in [2.75, 3.05) is 26.7 Å². The fourth-order valence-electron chi connectivity index (χ4n) is 3.06. The number of carbonyl (C=O) groups excluding carboxylic acids is 2. The molecule has 2 aromatic rings. The second-order valence-electron chi connectivity index (χ2n) is 6.43. The van der Waals surface area contributed by atoms with Crippen LogP contribution in [0.25, 0.3) is 0 Å². The van der Waals surface area contributed by atoms with Crippen LogP contribution in [0.15, 0.2) is 47.1 Å². The van der Waals surface area contributed by atoms with E-state index in [-0.39, 0.29) is 17.7 Å². The molecule has 1 aromatic heterocycles. The largest absolute Gasteiger partial charge is 0.497 e. The van der Waals surface area contributed by atoms with Crippen molar-refractivity contribution in [1.82, 2.24) is 15.5 Å². The van der Waals surface area contributed by atoms with Gasteiger partial charge in [0.2, 0.25) is 5.91 Å². The van der Waals surface area contributed by atoms with Gasteiger partial charge >= 0.3 is 0 Å². The molecule has 2 amide bonds. The van der Waals surface area contributed by atoms with Crippen molar-refractivity contribution >= 4 is 11.8 Å². The number of rotatable bonds is 10. The Balaban J connectivity index is 2.03. The number of carbonyl (C=O) groups is 2. The Kier molecular flexibility index (Phi) is 8.07. The summed E-state index contributed by atoms with van der Waals surface area (Å²) in [4.78, 5) is 26.8. The minimum atomic E-state index is -0.680. The van der Waals surface area contributed by atoms with Gasteiger partial charge in [0, 0.05) is 6.54 Å². The summed E-state index contributed by atoms with van der Waals surface area (Å²) in [6.45, 7) is 7.94. The first-order valence-electron chi connectivity index (χ1n) is 9.50. The number of nitrogens with one attached hydrogen (secondary N) is 2. The fourth-order valence-corrected chi connectivity index (χ4v) is 3.06. The van der Waals surface area contributed by atoms with Gasteiger partial charge in [-0.2, -0.15) is 0 Å². The monoisotopic (exact) mass is 387 g/mol. The quantitative estimate of drug-likeness (QED) is 0.655. The molecule has 2 N–H and O–H groups in total. The normalized spacial score (nSPS) is 13.0. The van der Waals surface area contributed by atoms with Crippen LogP contribution in [0.2, 0.25) is 0 Å². The molecule has 0 aliphatic rings. The average molecular weight is 387 g/mol. The summed E-state index contributed by atoms with van der Waals surface area (Å²) < 4.78 is 10.4. The Morgan fingerprint density at radius 3 is 2.54 bits per heavy atom. The molecule has 1 aromatic carbocycles.